The van der Waals surface area contributed by atoms with Crippen LogP contribution in [0.4, 0.5) is 13.2 Å². The van der Waals surface area contributed by atoms with E-state index < -0.39 is 29.4 Å². The average molecular weight is 353 g/mol. The summed E-state index contributed by atoms with van der Waals surface area (Å²) in [5.41, 5.74) is -0.801. The predicted molar refractivity (Wildman–Crippen MR) is 84.2 cm³/mol. The highest BCUT2D eigenvalue weighted by Gasteiger charge is 2.42. The van der Waals surface area contributed by atoms with Crippen molar-refractivity contribution in [3.8, 4) is 0 Å². The first-order chi connectivity index (χ1) is 11.9. The SMILES string of the molecule is O=C(O)c1cnn(C2CCN(Cc3ccccc3)CC2)c1C(F)(F)F. The predicted octanol–water partition coefficient (Wildman–Crippen LogP) is 3.44. The molecule has 1 aromatic heterocycles. The molecule has 134 valence electrons. The van der Waals surface area contributed by atoms with Crippen molar-refractivity contribution in [3.63, 3.8) is 0 Å². The maximum absolute atomic E-state index is 13.3. The van der Waals surface area contributed by atoms with Crippen molar-refractivity contribution < 1.29 is 23.1 Å². The molecule has 0 bridgehead atoms. The lowest BCUT2D eigenvalue weighted by molar-refractivity contribution is -0.145. The number of benzene rings is 1. The van der Waals surface area contributed by atoms with Crippen molar-refractivity contribution in [2.24, 2.45) is 0 Å². The number of piperidine rings is 1. The number of halogens is 3. The highest BCUT2D eigenvalue weighted by Crippen LogP contribution is 2.36. The molecule has 0 unspecified atom stereocenters. The number of carbonyl (C=O) groups is 1. The van der Waals surface area contributed by atoms with Crippen molar-refractivity contribution in [3.05, 3.63) is 53.3 Å². The largest absolute Gasteiger partial charge is 0.478 e. The molecule has 3 rings (SSSR count). The average Bonchev–Trinajstić information content (AvgIpc) is 3.02. The summed E-state index contributed by atoms with van der Waals surface area (Å²) in [6.45, 7) is 2.03. The molecule has 1 aliphatic rings. The van der Waals surface area contributed by atoms with Gasteiger partial charge in [0.25, 0.3) is 0 Å². The number of carboxylic acid groups (broad SMARTS) is 1. The van der Waals surface area contributed by atoms with Crippen LogP contribution in [0.1, 0.15) is 40.5 Å². The van der Waals surface area contributed by atoms with Crippen molar-refractivity contribution in [2.75, 3.05) is 13.1 Å². The summed E-state index contributed by atoms with van der Waals surface area (Å²) in [5.74, 6) is -1.61. The van der Waals surface area contributed by atoms with E-state index in [9.17, 15) is 18.0 Å². The normalized spacial score (nSPS) is 16.9. The number of nitrogens with zero attached hydrogens (tertiary/aromatic N) is 3. The van der Waals surface area contributed by atoms with E-state index in [1.54, 1.807) is 0 Å². The fourth-order valence-electron chi connectivity index (χ4n) is 3.24. The molecule has 0 radical (unpaired) electrons. The van der Waals surface area contributed by atoms with Gasteiger partial charge in [-0.05, 0) is 18.4 Å². The van der Waals surface area contributed by atoms with Gasteiger partial charge in [0, 0.05) is 19.6 Å². The standard InChI is InChI=1S/C17H18F3N3O2/c18-17(19,20)15-14(16(24)25)10-21-23(15)13-6-8-22(9-7-13)11-12-4-2-1-3-5-12/h1-5,10,13H,6-9,11H2,(H,24,25). The van der Waals surface area contributed by atoms with Crippen molar-refractivity contribution >= 4 is 5.97 Å². The van der Waals surface area contributed by atoms with Gasteiger partial charge in [-0.2, -0.15) is 18.3 Å². The Morgan fingerprint density at radius 1 is 1.20 bits per heavy atom. The van der Waals surface area contributed by atoms with Gasteiger partial charge in [0.2, 0.25) is 0 Å². The van der Waals surface area contributed by atoms with Crippen LogP contribution in [0, 0.1) is 0 Å². The zero-order valence-electron chi connectivity index (χ0n) is 13.4. The summed E-state index contributed by atoms with van der Waals surface area (Å²) >= 11 is 0. The van der Waals surface area contributed by atoms with Gasteiger partial charge in [-0.15, -0.1) is 0 Å². The highest BCUT2D eigenvalue weighted by atomic mass is 19.4. The number of likely N-dealkylation sites (tertiary alicyclic amines) is 1. The van der Waals surface area contributed by atoms with Crippen LogP contribution in [-0.2, 0) is 12.7 Å². The second-order valence-corrected chi connectivity index (χ2v) is 6.15. The van der Waals surface area contributed by atoms with Crippen LogP contribution in [-0.4, -0.2) is 38.8 Å². The van der Waals surface area contributed by atoms with Crippen molar-refractivity contribution in [2.45, 2.75) is 31.6 Å². The van der Waals surface area contributed by atoms with E-state index in [1.807, 2.05) is 30.3 Å². The zero-order chi connectivity index (χ0) is 18.0. The number of aromatic carboxylic acids is 1. The molecule has 0 saturated carbocycles. The Bertz CT molecular complexity index is 735. The molecule has 8 heteroatoms. The van der Waals surface area contributed by atoms with Crippen LogP contribution in [0.2, 0.25) is 0 Å². The van der Waals surface area contributed by atoms with Gasteiger partial charge in [-0.25, -0.2) is 4.79 Å². The van der Waals surface area contributed by atoms with Crippen LogP contribution in [0.25, 0.3) is 0 Å². The number of hydrogen-bond acceptors (Lipinski definition) is 3. The fraction of sp³-hybridized carbons (Fsp3) is 0.412. The lowest BCUT2D eigenvalue weighted by Crippen LogP contribution is -2.35. The van der Waals surface area contributed by atoms with Crippen LogP contribution in [0.5, 0.6) is 0 Å². The third-order valence-electron chi connectivity index (χ3n) is 4.45. The Labute approximate surface area is 142 Å². The van der Waals surface area contributed by atoms with Gasteiger partial charge in [-0.3, -0.25) is 9.58 Å². The molecular weight excluding hydrogens is 335 g/mol. The van der Waals surface area contributed by atoms with Crippen molar-refractivity contribution in [1.82, 2.24) is 14.7 Å². The maximum atomic E-state index is 13.3. The molecule has 2 heterocycles. The highest BCUT2D eigenvalue weighted by molar-refractivity contribution is 5.88. The van der Waals surface area contributed by atoms with Crippen LogP contribution in [0.15, 0.2) is 36.5 Å². The molecule has 5 nitrogen and oxygen atoms in total. The van der Waals surface area contributed by atoms with E-state index in [2.05, 4.69) is 10.00 Å². The number of alkyl halides is 3. The van der Waals surface area contributed by atoms with Gasteiger partial charge >= 0.3 is 12.1 Å². The molecule has 2 aromatic rings. The lowest BCUT2D eigenvalue weighted by Gasteiger charge is -2.33. The Hall–Kier alpha value is -2.35. The van der Waals surface area contributed by atoms with Crippen molar-refractivity contribution in [1.29, 1.82) is 0 Å². The van der Waals surface area contributed by atoms with Gasteiger partial charge in [0.15, 0.2) is 5.69 Å². The van der Waals surface area contributed by atoms with Gasteiger partial charge < -0.3 is 5.11 Å². The van der Waals surface area contributed by atoms with E-state index in [-0.39, 0.29) is 0 Å². The number of aromatic nitrogens is 2. The molecule has 1 saturated heterocycles. The van der Waals surface area contributed by atoms with Crippen LogP contribution in [0.3, 0.4) is 0 Å². The zero-order valence-corrected chi connectivity index (χ0v) is 13.4. The molecule has 0 atom stereocenters. The first-order valence-electron chi connectivity index (χ1n) is 8.00. The minimum absolute atomic E-state index is 0.447. The minimum Gasteiger partial charge on any atom is -0.478 e. The smallest absolute Gasteiger partial charge is 0.433 e. The number of hydrogen-bond donors (Lipinski definition) is 1. The monoisotopic (exact) mass is 353 g/mol. The summed E-state index contributed by atoms with van der Waals surface area (Å²) in [6.07, 6.45) is -2.96. The second-order valence-electron chi connectivity index (χ2n) is 6.15. The van der Waals surface area contributed by atoms with Crippen LogP contribution < -0.4 is 0 Å². The van der Waals surface area contributed by atoms with Crippen LogP contribution >= 0.6 is 0 Å². The summed E-state index contributed by atoms with van der Waals surface area (Å²) in [7, 11) is 0. The third kappa shape index (κ3) is 3.84. The molecule has 0 spiro atoms. The van der Waals surface area contributed by atoms with E-state index in [0.29, 0.717) is 25.9 Å². The van der Waals surface area contributed by atoms with E-state index in [4.69, 9.17) is 5.11 Å². The van der Waals surface area contributed by atoms with E-state index >= 15 is 0 Å². The van der Waals surface area contributed by atoms with Gasteiger partial charge in [0.1, 0.15) is 5.56 Å². The van der Waals surface area contributed by atoms with Gasteiger partial charge in [0.05, 0.1) is 12.2 Å². The first kappa shape index (κ1) is 17.5. The fourth-order valence-corrected chi connectivity index (χ4v) is 3.24. The topological polar surface area (TPSA) is 58.4 Å². The molecule has 1 N–H and O–H groups in total. The minimum atomic E-state index is -4.74. The summed E-state index contributed by atoms with van der Waals surface area (Å²) in [6, 6.07) is 9.42. The lowest BCUT2D eigenvalue weighted by atomic mass is 10.0. The summed E-state index contributed by atoms with van der Waals surface area (Å²) < 4.78 is 40.7. The quantitative estimate of drug-likeness (QED) is 0.915. The number of carboxylic acids is 1. The molecule has 0 aliphatic carbocycles. The summed E-state index contributed by atoms with van der Waals surface area (Å²) in [4.78, 5) is 13.2. The maximum Gasteiger partial charge on any atom is 0.433 e. The Kier molecular flexibility index (Phi) is 4.80. The van der Waals surface area contributed by atoms with E-state index in [1.165, 1.54) is 0 Å². The number of rotatable bonds is 4. The summed E-state index contributed by atoms with van der Waals surface area (Å²) in [5, 5.41) is 12.7. The Morgan fingerprint density at radius 2 is 1.84 bits per heavy atom. The molecule has 25 heavy (non-hydrogen) atoms. The second kappa shape index (κ2) is 6.87. The van der Waals surface area contributed by atoms with E-state index in [0.717, 1.165) is 23.0 Å². The molecule has 1 aliphatic heterocycles. The molecule has 1 fully saturated rings. The third-order valence-corrected chi connectivity index (χ3v) is 4.45. The Balaban J connectivity index is 1.72. The first-order valence-corrected chi connectivity index (χ1v) is 8.00. The molecule has 0 amide bonds. The van der Waals surface area contributed by atoms with Gasteiger partial charge in [-0.1, -0.05) is 30.3 Å². The molecule has 1 aromatic carbocycles. The Morgan fingerprint density at radius 3 is 2.40 bits per heavy atom. The molecular formula is C17H18F3N3O2.